The van der Waals surface area contributed by atoms with E-state index in [1.165, 1.54) is 25.3 Å². The zero-order valence-electron chi connectivity index (χ0n) is 25.8. The maximum Gasteiger partial charge on any atom is 0.303 e. The van der Waals surface area contributed by atoms with Crippen molar-refractivity contribution in [3.63, 3.8) is 0 Å². The van der Waals surface area contributed by atoms with E-state index in [-0.39, 0.29) is 35.6 Å². The van der Waals surface area contributed by atoms with Gasteiger partial charge in [-0.15, -0.1) is 0 Å². The average Bonchev–Trinajstić information content (AvgIpc) is 3.70. The molecule has 43 heavy (non-hydrogen) atoms. The van der Waals surface area contributed by atoms with Crippen molar-refractivity contribution in [3.05, 3.63) is 64.7 Å². The molecule has 1 spiro atoms. The topological polar surface area (TPSA) is 79.3 Å². The fourth-order valence-corrected chi connectivity index (χ4v) is 9.03. The first-order valence-electron chi connectivity index (χ1n) is 16.1. The van der Waals surface area contributed by atoms with Crippen molar-refractivity contribution in [2.24, 2.45) is 11.8 Å². The van der Waals surface area contributed by atoms with E-state index in [1.807, 2.05) is 42.2 Å². The molecule has 7 rings (SSSR count). The summed E-state index contributed by atoms with van der Waals surface area (Å²) in [4.78, 5) is 31.6. The number of esters is 1. The van der Waals surface area contributed by atoms with E-state index < -0.39 is 17.1 Å². The number of rotatable bonds is 8. The van der Waals surface area contributed by atoms with Crippen molar-refractivity contribution >= 4 is 18.0 Å². The molecule has 5 aliphatic rings. The number of carbonyl (C=O) groups is 2. The first-order chi connectivity index (χ1) is 20.6. The molecule has 0 aromatic heterocycles. The molecule has 2 saturated carbocycles. The molecule has 2 aromatic carbocycles. The zero-order valence-corrected chi connectivity index (χ0v) is 25.8. The van der Waals surface area contributed by atoms with Gasteiger partial charge in [0.25, 0.3) is 0 Å². The minimum absolute atomic E-state index is 0.0382. The van der Waals surface area contributed by atoms with Crippen LogP contribution in [0, 0.1) is 18.8 Å². The lowest BCUT2D eigenvalue weighted by Gasteiger charge is -2.65. The predicted molar refractivity (Wildman–Crippen MR) is 165 cm³/mol. The number of likely N-dealkylation sites (tertiary alicyclic amines) is 1. The van der Waals surface area contributed by atoms with Gasteiger partial charge in [-0.1, -0.05) is 49.7 Å². The number of phenolic OH excluding ortho intramolecular Hbond substituents is 1. The minimum atomic E-state index is -0.775. The van der Waals surface area contributed by atoms with Gasteiger partial charge in [0.1, 0.15) is 11.7 Å². The Kier molecular flexibility index (Phi) is 6.88. The van der Waals surface area contributed by atoms with Gasteiger partial charge < -0.3 is 19.5 Å². The van der Waals surface area contributed by atoms with Crippen LogP contribution < -0.4 is 4.74 Å². The molecule has 2 heterocycles. The fraction of sp³-hybridized carbons (Fsp3) is 0.556. The molecule has 1 saturated heterocycles. The largest absolute Gasteiger partial charge is 0.504 e. The van der Waals surface area contributed by atoms with Crippen molar-refractivity contribution in [1.82, 2.24) is 9.80 Å². The maximum atomic E-state index is 14.1. The van der Waals surface area contributed by atoms with Gasteiger partial charge >= 0.3 is 5.97 Å². The standard InChI is InChI=1S/C36H44N2O5/c1-22(2)20-38(31(41)13-10-25-7-5-6-23(3)18-25)28-14-15-36(43-24(4)39)30-19-27-11-12-29(40)33-32(27)35(36,34(28)42-33)16-17-37(30)21-26-8-9-26/h5-7,10-13,18,22,26,28,30,34,40H,8-9,14-17,19-21H2,1-4H3/b13-10+/t28?,30-,34?,35+,36-/m1/s1. The number of phenols is 1. The summed E-state index contributed by atoms with van der Waals surface area (Å²) in [6, 6.07) is 11.7. The highest BCUT2D eigenvalue weighted by Gasteiger charge is 2.75. The van der Waals surface area contributed by atoms with E-state index in [2.05, 4.69) is 24.8 Å². The van der Waals surface area contributed by atoms with Crippen LogP contribution in [0.25, 0.3) is 6.08 Å². The minimum Gasteiger partial charge on any atom is -0.504 e. The van der Waals surface area contributed by atoms with Gasteiger partial charge in [-0.2, -0.15) is 0 Å². The Hall–Kier alpha value is -3.32. The van der Waals surface area contributed by atoms with E-state index in [0.29, 0.717) is 31.1 Å². The van der Waals surface area contributed by atoms with E-state index in [1.54, 1.807) is 12.1 Å². The van der Waals surface area contributed by atoms with Crippen LogP contribution in [-0.4, -0.2) is 70.2 Å². The first kappa shape index (κ1) is 28.5. The number of carbonyl (C=O) groups excluding carboxylic acids is 2. The maximum absolute atomic E-state index is 14.1. The number of hydrogen-bond donors (Lipinski definition) is 1. The van der Waals surface area contributed by atoms with Crippen LogP contribution in [0.5, 0.6) is 11.5 Å². The molecule has 2 aromatic rings. The van der Waals surface area contributed by atoms with Crippen molar-refractivity contribution < 1.29 is 24.2 Å². The van der Waals surface area contributed by atoms with Gasteiger partial charge in [-0.25, -0.2) is 0 Å². The monoisotopic (exact) mass is 584 g/mol. The second-order valence-electron chi connectivity index (χ2n) is 14.1. The third kappa shape index (κ3) is 4.49. The number of piperidine rings is 1. The van der Waals surface area contributed by atoms with Crippen LogP contribution in [0.15, 0.2) is 42.5 Å². The van der Waals surface area contributed by atoms with Crippen LogP contribution in [0.3, 0.4) is 0 Å². The molecule has 1 N–H and O–H groups in total. The van der Waals surface area contributed by atoms with Crippen LogP contribution in [0.4, 0.5) is 0 Å². The molecule has 3 fully saturated rings. The Labute approximate surface area is 254 Å². The van der Waals surface area contributed by atoms with Gasteiger partial charge in [0.05, 0.1) is 17.5 Å². The number of aryl methyl sites for hydroxylation is 1. The quantitative estimate of drug-likeness (QED) is 0.331. The molecule has 7 heteroatoms. The lowest BCUT2D eigenvalue weighted by atomic mass is 9.48. The molecule has 1 amide bonds. The Morgan fingerprint density at radius 1 is 1.19 bits per heavy atom. The SMILES string of the molecule is CC(=O)O[C@@]12CCC(N(CC(C)C)C(=O)/C=C/c3cccc(C)c3)C3Oc4c(O)ccc5c4[C@@]31CCN(CC1CC1)[C@@H]2C5. The summed E-state index contributed by atoms with van der Waals surface area (Å²) in [6.45, 7) is 10.3. The lowest BCUT2D eigenvalue weighted by molar-refractivity contribution is -0.224. The number of aromatic hydroxyl groups is 1. The van der Waals surface area contributed by atoms with Gasteiger partial charge in [0, 0.05) is 31.7 Å². The average molecular weight is 585 g/mol. The Balaban J connectivity index is 1.33. The molecule has 228 valence electrons. The van der Waals surface area contributed by atoms with E-state index in [4.69, 9.17) is 9.47 Å². The normalized spacial score (nSPS) is 30.7. The molecule has 2 bridgehead atoms. The molecule has 2 aliphatic heterocycles. The van der Waals surface area contributed by atoms with Crippen LogP contribution in [0.1, 0.15) is 75.1 Å². The highest BCUT2D eigenvalue weighted by atomic mass is 16.6. The highest BCUT2D eigenvalue weighted by Crippen LogP contribution is 2.67. The number of benzene rings is 2. The Morgan fingerprint density at radius 2 is 2.00 bits per heavy atom. The van der Waals surface area contributed by atoms with E-state index in [0.717, 1.165) is 42.6 Å². The molecule has 7 nitrogen and oxygen atoms in total. The first-order valence-corrected chi connectivity index (χ1v) is 16.1. The molecule has 5 atom stereocenters. The van der Waals surface area contributed by atoms with Crippen molar-refractivity contribution in [2.75, 3.05) is 19.6 Å². The summed E-state index contributed by atoms with van der Waals surface area (Å²) >= 11 is 0. The predicted octanol–water partition coefficient (Wildman–Crippen LogP) is 5.40. The summed E-state index contributed by atoms with van der Waals surface area (Å²) in [5, 5.41) is 11.1. The Bertz CT molecular complexity index is 1480. The van der Waals surface area contributed by atoms with Gasteiger partial charge in [0.15, 0.2) is 11.5 Å². The number of nitrogens with zero attached hydrogens (tertiary/aromatic N) is 2. The zero-order chi connectivity index (χ0) is 30.1. The van der Waals surface area contributed by atoms with E-state index in [9.17, 15) is 14.7 Å². The molecular weight excluding hydrogens is 540 g/mol. The third-order valence-electron chi connectivity index (χ3n) is 10.7. The van der Waals surface area contributed by atoms with E-state index >= 15 is 0 Å². The van der Waals surface area contributed by atoms with Crippen LogP contribution >= 0.6 is 0 Å². The second kappa shape index (κ2) is 10.4. The molecule has 0 radical (unpaired) electrons. The molecule has 2 unspecified atom stereocenters. The Morgan fingerprint density at radius 3 is 2.72 bits per heavy atom. The van der Waals surface area contributed by atoms with Gasteiger partial charge in [0.2, 0.25) is 5.91 Å². The van der Waals surface area contributed by atoms with Crippen LogP contribution in [0.2, 0.25) is 0 Å². The lowest BCUT2D eigenvalue weighted by Crippen LogP contribution is -2.79. The highest BCUT2D eigenvalue weighted by molar-refractivity contribution is 5.92. The summed E-state index contributed by atoms with van der Waals surface area (Å²) in [5.74, 6) is 1.29. The van der Waals surface area contributed by atoms with Gasteiger partial charge in [-0.3, -0.25) is 14.5 Å². The summed E-state index contributed by atoms with van der Waals surface area (Å²) in [7, 11) is 0. The number of hydrogen-bond acceptors (Lipinski definition) is 6. The fourth-order valence-electron chi connectivity index (χ4n) is 9.03. The third-order valence-corrected chi connectivity index (χ3v) is 10.7. The summed E-state index contributed by atoms with van der Waals surface area (Å²) in [5.41, 5.74) is 2.91. The summed E-state index contributed by atoms with van der Waals surface area (Å²) in [6.07, 6.45) is 8.53. The van der Waals surface area contributed by atoms with Crippen molar-refractivity contribution in [3.8, 4) is 11.5 Å². The van der Waals surface area contributed by atoms with Gasteiger partial charge in [-0.05, 0) is 87.1 Å². The molecule has 3 aliphatic carbocycles. The summed E-state index contributed by atoms with van der Waals surface area (Å²) < 4.78 is 13.5. The molecular formula is C36H44N2O5. The number of ether oxygens (including phenoxy) is 2. The number of amides is 1. The second-order valence-corrected chi connectivity index (χ2v) is 14.1. The van der Waals surface area contributed by atoms with Crippen molar-refractivity contribution in [1.29, 1.82) is 0 Å². The van der Waals surface area contributed by atoms with Crippen LogP contribution in [-0.2, 0) is 26.2 Å². The van der Waals surface area contributed by atoms with Crippen molar-refractivity contribution in [2.45, 2.75) is 95.4 Å². The smallest absolute Gasteiger partial charge is 0.303 e.